The van der Waals surface area contributed by atoms with Gasteiger partial charge in [-0.3, -0.25) is 14.3 Å². The monoisotopic (exact) mass is 333 g/mol. The van der Waals surface area contributed by atoms with Gasteiger partial charge in [0.1, 0.15) is 0 Å². The molecule has 0 unspecified atom stereocenters. The molecule has 2 aromatic rings. The Kier molecular flexibility index (Phi) is 3.85. The van der Waals surface area contributed by atoms with E-state index in [0.717, 1.165) is 18.4 Å². The molecule has 1 aliphatic rings. The Labute approximate surface area is 137 Å². The normalized spacial score (nSPS) is 15.2. The smallest absolute Gasteiger partial charge is 0.275 e. The lowest BCUT2D eigenvalue weighted by Gasteiger charge is -2.17. The van der Waals surface area contributed by atoms with E-state index in [-0.39, 0.29) is 11.1 Å². The maximum Gasteiger partial charge on any atom is 0.275 e. The van der Waals surface area contributed by atoms with Crippen LogP contribution in [0.3, 0.4) is 0 Å². The van der Waals surface area contributed by atoms with Gasteiger partial charge in [-0.15, -0.1) is 0 Å². The molecule has 7 heteroatoms. The van der Waals surface area contributed by atoms with Crippen LogP contribution in [-0.2, 0) is 12.0 Å². The number of benzene rings is 1. The highest BCUT2D eigenvalue weighted by atomic mass is 35.5. The second-order valence-corrected chi connectivity index (χ2v) is 6.19. The molecule has 1 aliphatic carbocycles. The predicted molar refractivity (Wildman–Crippen MR) is 85.9 cm³/mol. The van der Waals surface area contributed by atoms with Crippen molar-refractivity contribution in [2.24, 2.45) is 0 Å². The van der Waals surface area contributed by atoms with Crippen LogP contribution < -0.4 is 10.7 Å². The fourth-order valence-corrected chi connectivity index (χ4v) is 2.80. The molecule has 1 aromatic carbocycles. The second kappa shape index (κ2) is 5.70. The molecule has 1 amide bonds. The van der Waals surface area contributed by atoms with Crippen molar-refractivity contribution in [3.8, 4) is 5.75 Å². The Morgan fingerprint density at radius 1 is 1.39 bits per heavy atom. The molecule has 0 spiro atoms. The van der Waals surface area contributed by atoms with Crippen LogP contribution in [0.2, 0.25) is 5.02 Å². The van der Waals surface area contributed by atoms with E-state index >= 15 is 0 Å². The molecule has 0 atom stereocenters. The first-order chi connectivity index (χ1) is 10.9. The van der Waals surface area contributed by atoms with Gasteiger partial charge >= 0.3 is 0 Å². The van der Waals surface area contributed by atoms with Crippen LogP contribution in [0.4, 0.5) is 0 Å². The minimum absolute atomic E-state index is 0.0982. The van der Waals surface area contributed by atoms with Gasteiger partial charge in [0.2, 0.25) is 0 Å². The molecule has 120 valence electrons. The summed E-state index contributed by atoms with van der Waals surface area (Å²) in [7, 11) is 1.41. The second-order valence-electron chi connectivity index (χ2n) is 5.76. The van der Waals surface area contributed by atoms with E-state index in [1.807, 2.05) is 24.3 Å². The topological polar surface area (TPSA) is 84.2 Å². The van der Waals surface area contributed by atoms with Crippen LogP contribution in [0.15, 0.2) is 35.3 Å². The number of hydrogen-bond donors (Lipinski definition) is 2. The third-order valence-corrected chi connectivity index (χ3v) is 4.42. The van der Waals surface area contributed by atoms with Gasteiger partial charge in [0.15, 0.2) is 11.4 Å². The average Bonchev–Trinajstić information content (AvgIpc) is 3.31. The van der Waals surface area contributed by atoms with Gasteiger partial charge in [-0.1, -0.05) is 23.7 Å². The minimum atomic E-state index is -0.767. The van der Waals surface area contributed by atoms with E-state index in [0.29, 0.717) is 11.6 Å². The van der Waals surface area contributed by atoms with Crippen molar-refractivity contribution in [1.29, 1.82) is 0 Å². The molecule has 0 bridgehead atoms. The molecule has 1 aromatic heterocycles. The summed E-state index contributed by atoms with van der Waals surface area (Å²) in [5.41, 5.74) is -0.0429. The maximum atomic E-state index is 11.8. The average molecular weight is 334 g/mol. The summed E-state index contributed by atoms with van der Waals surface area (Å²) < 4.78 is 1.46. The van der Waals surface area contributed by atoms with Crippen molar-refractivity contribution < 1.29 is 9.90 Å². The van der Waals surface area contributed by atoms with Gasteiger partial charge in [-0.2, -0.15) is 5.10 Å². The quantitative estimate of drug-likeness (QED) is 0.891. The maximum absolute atomic E-state index is 11.8. The third-order valence-electron chi connectivity index (χ3n) is 4.16. The fraction of sp³-hybridized carbons (Fsp3) is 0.312. The number of nitrogens with zero attached hydrogens (tertiary/aromatic N) is 2. The zero-order chi connectivity index (χ0) is 16.6. The zero-order valence-electron chi connectivity index (χ0n) is 12.5. The zero-order valence-corrected chi connectivity index (χ0v) is 13.3. The lowest BCUT2D eigenvalue weighted by Crippen LogP contribution is -2.30. The number of rotatable bonds is 4. The van der Waals surface area contributed by atoms with Gasteiger partial charge in [0, 0.05) is 17.5 Å². The highest BCUT2D eigenvalue weighted by molar-refractivity contribution is 6.30. The number of amides is 1. The van der Waals surface area contributed by atoms with Crippen molar-refractivity contribution in [3.63, 3.8) is 0 Å². The number of nitrogens with one attached hydrogen (secondary N) is 1. The number of carbonyl (C=O) groups is 1. The summed E-state index contributed by atoms with van der Waals surface area (Å²) in [6.07, 6.45) is 3.21. The molecular formula is C16H16ClN3O3. The molecule has 23 heavy (non-hydrogen) atoms. The van der Waals surface area contributed by atoms with Crippen molar-refractivity contribution >= 4 is 17.5 Å². The molecule has 2 N–H and O–H groups in total. The van der Waals surface area contributed by atoms with Crippen molar-refractivity contribution in [3.05, 3.63) is 57.0 Å². The molecule has 1 saturated carbocycles. The third kappa shape index (κ3) is 2.94. The van der Waals surface area contributed by atoms with Crippen molar-refractivity contribution in [1.82, 2.24) is 15.1 Å². The molecule has 3 rings (SSSR count). The molecule has 6 nitrogen and oxygen atoms in total. The van der Waals surface area contributed by atoms with E-state index in [1.54, 1.807) is 0 Å². The molecular weight excluding hydrogens is 318 g/mol. The number of carbonyl (C=O) groups excluding carboxylic acids is 1. The van der Waals surface area contributed by atoms with Gasteiger partial charge < -0.3 is 10.4 Å². The summed E-state index contributed by atoms with van der Waals surface area (Å²) in [5.74, 6) is -1.10. The summed E-state index contributed by atoms with van der Waals surface area (Å²) in [4.78, 5) is 23.5. The van der Waals surface area contributed by atoms with Crippen LogP contribution >= 0.6 is 11.6 Å². The SMILES string of the molecule is CNC(=O)c1nn(CC2(c3ccc(Cl)cc3)CC2)cc(O)c1=O. The molecule has 0 aliphatic heterocycles. The number of hydrogen-bond acceptors (Lipinski definition) is 4. The predicted octanol–water partition coefficient (Wildman–Crippen LogP) is 1.69. The summed E-state index contributed by atoms with van der Waals surface area (Å²) >= 11 is 5.92. The van der Waals surface area contributed by atoms with Gasteiger partial charge in [0.25, 0.3) is 11.3 Å². The standard InChI is InChI=1S/C16H16ClN3O3/c1-18-15(23)13-14(22)12(21)8-20(19-13)9-16(6-7-16)10-2-4-11(17)5-3-10/h2-5,8,21H,6-7,9H2,1H3,(H,18,23). The number of aromatic hydroxyl groups is 1. The Hall–Kier alpha value is -2.34. The highest BCUT2D eigenvalue weighted by Gasteiger charge is 2.44. The van der Waals surface area contributed by atoms with Gasteiger partial charge in [-0.05, 0) is 30.5 Å². The van der Waals surface area contributed by atoms with Crippen LogP contribution in [-0.4, -0.2) is 27.8 Å². The first-order valence-electron chi connectivity index (χ1n) is 7.24. The molecule has 0 radical (unpaired) electrons. The van der Waals surface area contributed by atoms with Crippen molar-refractivity contribution in [2.45, 2.75) is 24.8 Å². The van der Waals surface area contributed by atoms with Crippen LogP contribution in [0.25, 0.3) is 0 Å². The van der Waals surface area contributed by atoms with Crippen molar-refractivity contribution in [2.75, 3.05) is 7.05 Å². The van der Waals surface area contributed by atoms with E-state index in [2.05, 4.69) is 10.4 Å². The molecule has 1 heterocycles. The summed E-state index contributed by atoms with van der Waals surface area (Å²) in [5, 5.41) is 16.9. The van der Waals surface area contributed by atoms with Gasteiger partial charge in [0.05, 0.1) is 12.7 Å². The lowest BCUT2D eigenvalue weighted by atomic mass is 9.96. The minimum Gasteiger partial charge on any atom is -0.503 e. The fourth-order valence-electron chi connectivity index (χ4n) is 2.67. The van der Waals surface area contributed by atoms with E-state index in [4.69, 9.17) is 11.6 Å². The van der Waals surface area contributed by atoms with Gasteiger partial charge in [-0.25, -0.2) is 0 Å². The largest absolute Gasteiger partial charge is 0.503 e. The van der Waals surface area contributed by atoms with E-state index in [9.17, 15) is 14.7 Å². The first-order valence-corrected chi connectivity index (χ1v) is 7.62. The Morgan fingerprint density at radius 3 is 2.61 bits per heavy atom. The lowest BCUT2D eigenvalue weighted by molar-refractivity contribution is 0.0953. The highest BCUT2D eigenvalue weighted by Crippen LogP contribution is 2.49. The van der Waals surface area contributed by atoms with E-state index in [1.165, 1.54) is 17.9 Å². The number of aromatic nitrogens is 2. The summed E-state index contributed by atoms with van der Waals surface area (Å²) in [6.45, 7) is 0.479. The Balaban J connectivity index is 1.94. The Bertz CT molecular complexity index is 810. The molecule has 1 fully saturated rings. The van der Waals surface area contributed by atoms with Crippen LogP contribution in [0.1, 0.15) is 28.9 Å². The summed E-state index contributed by atoms with van der Waals surface area (Å²) in [6, 6.07) is 7.61. The van der Waals surface area contributed by atoms with E-state index < -0.39 is 17.1 Å². The van der Waals surface area contributed by atoms with Crippen LogP contribution in [0, 0.1) is 0 Å². The Morgan fingerprint density at radius 2 is 2.04 bits per heavy atom. The molecule has 0 saturated heterocycles. The number of halogens is 1. The van der Waals surface area contributed by atoms with Crippen LogP contribution in [0.5, 0.6) is 5.75 Å². The first kappa shape index (κ1) is 15.6.